The second-order valence-corrected chi connectivity index (χ2v) is 6.80. The molecule has 2 heterocycles. The van der Waals surface area contributed by atoms with E-state index in [9.17, 15) is 14.4 Å². The minimum Gasteiger partial charge on any atom is -0.329 e. The minimum absolute atomic E-state index is 0.0172. The third-order valence-corrected chi connectivity index (χ3v) is 4.57. The number of urea groups is 1. The average molecular weight is 389 g/mol. The van der Waals surface area contributed by atoms with Gasteiger partial charge < -0.3 is 10.6 Å². The second-order valence-electron chi connectivity index (χ2n) is 6.80. The van der Waals surface area contributed by atoms with Gasteiger partial charge in [0, 0.05) is 17.4 Å². The highest BCUT2D eigenvalue weighted by atomic mass is 16.2. The van der Waals surface area contributed by atoms with Crippen LogP contribution in [-0.2, 0) is 11.3 Å². The van der Waals surface area contributed by atoms with Crippen molar-refractivity contribution in [3.05, 3.63) is 77.6 Å². The molecule has 8 heteroatoms. The fourth-order valence-corrected chi connectivity index (χ4v) is 3.07. The van der Waals surface area contributed by atoms with Crippen LogP contribution in [0.4, 0.5) is 10.5 Å². The van der Waals surface area contributed by atoms with Crippen LogP contribution in [0.3, 0.4) is 0 Å². The van der Waals surface area contributed by atoms with E-state index in [-0.39, 0.29) is 24.9 Å². The van der Waals surface area contributed by atoms with Crippen molar-refractivity contribution in [1.29, 1.82) is 0 Å². The summed E-state index contributed by atoms with van der Waals surface area (Å²) in [6.07, 6.45) is 3.68. The molecule has 0 spiro atoms. The quantitative estimate of drug-likeness (QED) is 0.655. The fraction of sp³-hybridized carbons (Fsp3) is 0.143. The Morgan fingerprint density at radius 2 is 1.97 bits per heavy atom. The van der Waals surface area contributed by atoms with Gasteiger partial charge in [0.2, 0.25) is 5.91 Å². The van der Waals surface area contributed by atoms with Crippen molar-refractivity contribution >= 4 is 23.5 Å². The molecule has 0 radical (unpaired) electrons. The number of hydrogen-bond donors (Lipinski definition) is 2. The van der Waals surface area contributed by atoms with Gasteiger partial charge in [0.05, 0.1) is 25.0 Å². The highest BCUT2D eigenvalue weighted by molar-refractivity contribution is 6.04. The van der Waals surface area contributed by atoms with E-state index in [0.29, 0.717) is 11.3 Å². The zero-order chi connectivity index (χ0) is 20.4. The number of aromatic nitrogens is 2. The van der Waals surface area contributed by atoms with Crippen LogP contribution < -0.4 is 10.6 Å². The molecule has 0 saturated carbocycles. The smallest absolute Gasteiger partial charge is 0.324 e. The van der Waals surface area contributed by atoms with E-state index in [2.05, 4.69) is 15.7 Å². The number of amides is 4. The van der Waals surface area contributed by atoms with Gasteiger partial charge in [-0.25, -0.2) is 9.48 Å². The van der Waals surface area contributed by atoms with Gasteiger partial charge in [-0.3, -0.25) is 14.5 Å². The zero-order valence-electron chi connectivity index (χ0n) is 15.8. The fourth-order valence-electron chi connectivity index (χ4n) is 3.07. The number of aryl methyl sites for hydroxylation is 1. The summed E-state index contributed by atoms with van der Waals surface area (Å²) in [7, 11) is 0. The van der Waals surface area contributed by atoms with E-state index in [4.69, 9.17) is 0 Å². The van der Waals surface area contributed by atoms with Crippen LogP contribution >= 0.6 is 0 Å². The lowest BCUT2D eigenvalue weighted by atomic mass is 10.1. The average Bonchev–Trinajstić information content (AvgIpc) is 3.29. The molecule has 29 heavy (non-hydrogen) atoms. The number of anilines is 1. The van der Waals surface area contributed by atoms with Gasteiger partial charge in [-0.05, 0) is 54.4 Å². The van der Waals surface area contributed by atoms with Gasteiger partial charge in [-0.2, -0.15) is 5.10 Å². The van der Waals surface area contributed by atoms with E-state index in [1.807, 2.05) is 25.3 Å². The third-order valence-electron chi connectivity index (χ3n) is 4.57. The van der Waals surface area contributed by atoms with Crippen molar-refractivity contribution in [3.8, 4) is 5.69 Å². The largest absolute Gasteiger partial charge is 0.329 e. The van der Waals surface area contributed by atoms with E-state index in [1.54, 1.807) is 47.3 Å². The van der Waals surface area contributed by atoms with Gasteiger partial charge in [0.1, 0.15) is 0 Å². The molecule has 4 amide bonds. The summed E-state index contributed by atoms with van der Waals surface area (Å²) >= 11 is 0. The van der Waals surface area contributed by atoms with Crippen LogP contribution in [0, 0.1) is 6.92 Å². The summed E-state index contributed by atoms with van der Waals surface area (Å²) in [5.41, 5.74) is 3.77. The predicted octanol–water partition coefficient (Wildman–Crippen LogP) is 2.48. The van der Waals surface area contributed by atoms with Crippen molar-refractivity contribution in [2.24, 2.45) is 0 Å². The number of rotatable bonds is 5. The Kier molecular flexibility index (Phi) is 4.82. The molecule has 2 aromatic carbocycles. The van der Waals surface area contributed by atoms with Crippen LogP contribution in [0.1, 0.15) is 21.5 Å². The molecule has 4 rings (SSSR count). The zero-order valence-corrected chi connectivity index (χ0v) is 15.8. The Labute approximate surface area is 167 Å². The second kappa shape index (κ2) is 7.59. The first-order chi connectivity index (χ1) is 14.0. The molecule has 0 aliphatic carbocycles. The maximum Gasteiger partial charge on any atom is 0.324 e. The molecular formula is C21H19N5O3. The third kappa shape index (κ3) is 4.01. The van der Waals surface area contributed by atoms with Gasteiger partial charge >= 0.3 is 6.03 Å². The lowest BCUT2D eigenvalue weighted by molar-refractivity contribution is -0.125. The van der Waals surface area contributed by atoms with Crippen molar-refractivity contribution in [2.75, 3.05) is 11.9 Å². The van der Waals surface area contributed by atoms with Crippen molar-refractivity contribution in [3.63, 3.8) is 0 Å². The van der Waals surface area contributed by atoms with Crippen molar-refractivity contribution in [1.82, 2.24) is 20.0 Å². The number of hydrogen-bond acceptors (Lipinski definition) is 4. The molecule has 3 aromatic rings. The molecular weight excluding hydrogens is 370 g/mol. The highest BCUT2D eigenvalue weighted by Gasteiger charge is 2.28. The van der Waals surface area contributed by atoms with Crippen molar-refractivity contribution in [2.45, 2.75) is 13.5 Å². The summed E-state index contributed by atoms with van der Waals surface area (Å²) in [4.78, 5) is 37.1. The normalized spacial score (nSPS) is 13.5. The number of nitrogens with one attached hydrogen (secondary N) is 2. The SMILES string of the molecule is Cc1cnn(-c2ccc(C(=O)Nc3cccc(CN4C(=O)CNC4=O)c3)cc2)c1. The molecule has 1 fully saturated rings. The molecule has 2 N–H and O–H groups in total. The van der Waals surface area contributed by atoms with Crippen molar-refractivity contribution < 1.29 is 14.4 Å². The Morgan fingerprint density at radius 3 is 2.62 bits per heavy atom. The molecule has 0 atom stereocenters. The topological polar surface area (TPSA) is 96.3 Å². The molecule has 0 unspecified atom stereocenters. The standard InChI is InChI=1S/C21H19N5O3/c1-14-10-23-26(12-14)18-7-5-16(6-8-18)20(28)24-17-4-2-3-15(9-17)13-25-19(27)11-22-21(25)29/h2-10,12H,11,13H2,1H3,(H,22,29)(H,24,28). The first-order valence-electron chi connectivity index (χ1n) is 9.10. The van der Waals surface area contributed by atoms with Crippen LogP contribution in [-0.4, -0.2) is 39.1 Å². The number of benzene rings is 2. The van der Waals surface area contributed by atoms with Gasteiger partial charge in [0.25, 0.3) is 5.91 Å². The summed E-state index contributed by atoms with van der Waals surface area (Å²) < 4.78 is 1.75. The van der Waals surface area contributed by atoms with Gasteiger partial charge in [-0.1, -0.05) is 12.1 Å². The highest BCUT2D eigenvalue weighted by Crippen LogP contribution is 2.16. The summed E-state index contributed by atoms with van der Waals surface area (Å²) in [5.74, 6) is -0.516. The Hall–Kier alpha value is -3.94. The molecule has 146 valence electrons. The van der Waals surface area contributed by atoms with Crippen LogP contribution in [0.2, 0.25) is 0 Å². The summed E-state index contributed by atoms with van der Waals surface area (Å²) in [6, 6.07) is 13.8. The Bertz CT molecular complexity index is 1070. The molecule has 1 aromatic heterocycles. The number of imide groups is 1. The predicted molar refractivity (Wildman–Crippen MR) is 107 cm³/mol. The molecule has 1 aliphatic rings. The maximum atomic E-state index is 12.6. The molecule has 8 nitrogen and oxygen atoms in total. The molecule has 1 saturated heterocycles. The monoisotopic (exact) mass is 389 g/mol. The Balaban J connectivity index is 1.44. The van der Waals surface area contributed by atoms with E-state index in [0.717, 1.165) is 21.7 Å². The lowest BCUT2D eigenvalue weighted by Gasteiger charge is -2.13. The van der Waals surface area contributed by atoms with Crippen LogP contribution in [0.15, 0.2) is 60.9 Å². The Morgan fingerprint density at radius 1 is 1.17 bits per heavy atom. The lowest BCUT2D eigenvalue weighted by Crippen LogP contribution is -2.30. The van der Waals surface area contributed by atoms with Gasteiger partial charge in [0.15, 0.2) is 0 Å². The molecule has 1 aliphatic heterocycles. The van der Waals surface area contributed by atoms with E-state index >= 15 is 0 Å². The van der Waals surface area contributed by atoms with Crippen LogP contribution in [0.5, 0.6) is 0 Å². The molecule has 0 bridgehead atoms. The first kappa shape index (κ1) is 18.4. The number of nitrogens with zero attached hydrogens (tertiary/aromatic N) is 3. The van der Waals surface area contributed by atoms with Gasteiger partial charge in [-0.15, -0.1) is 0 Å². The maximum absolute atomic E-state index is 12.6. The van der Waals surface area contributed by atoms with Crippen LogP contribution in [0.25, 0.3) is 5.69 Å². The van der Waals surface area contributed by atoms with E-state index < -0.39 is 6.03 Å². The number of carbonyl (C=O) groups is 3. The number of carbonyl (C=O) groups excluding carboxylic acids is 3. The summed E-state index contributed by atoms with van der Waals surface area (Å²) in [6.45, 7) is 2.14. The minimum atomic E-state index is -0.406. The summed E-state index contributed by atoms with van der Waals surface area (Å²) in [5, 5.41) is 9.58. The van der Waals surface area contributed by atoms with E-state index in [1.165, 1.54) is 0 Å². The first-order valence-corrected chi connectivity index (χ1v) is 9.10.